The molecule has 3 N–H and O–H groups in total. The SMILES string of the molecule is CC(C)OC(=O)[C@H](C)NP(=O)(Oc1ccccc1)N1CCC(NC(=O)c2nn(P(=O)(N[C@@H](C)C(=O)OC(C)C)Oc3ccccc3)cc2CC(=O)c2c(Cl)cccc2Cl)CC1. The van der Waals surface area contributed by atoms with Crippen LogP contribution in [0.5, 0.6) is 11.5 Å². The molecule has 1 fully saturated rings. The predicted octanol–water partition coefficient (Wildman–Crippen LogP) is 7.89. The van der Waals surface area contributed by atoms with Gasteiger partial charge in [0.15, 0.2) is 11.5 Å². The molecule has 1 amide bonds. The normalized spacial score (nSPS) is 16.5. The second-order valence-electron chi connectivity index (χ2n) is 14.8. The second kappa shape index (κ2) is 21.0. The largest absolute Gasteiger partial charge is 0.462 e. The number of esters is 2. The lowest BCUT2D eigenvalue weighted by Gasteiger charge is -2.37. The number of hydrogen-bond donors (Lipinski definition) is 3. The number of benzene rings is 3. The highest BCUT2D eigenvalue weighted by atomic mass is 35.5. The Morgan fingerprint density at radius 1 is 0.721 bits per heavy atom. The molecule has 328 valence electrons. The van der Waals surface area contributed by atoms with E-state index in [0.29, 0.717) is 5.75 Å². The molecule has 4 atom stereocenters. The zero-order valence-electron chi connectivity index (χ0n) is 34.6. The Labute approximate surface area is 365 Å². The molecule has 2 heterocycles. The van der Waals surface area contributed by atoms with E-state index in [2.05, 4.69) is 20.6 Å². The maximum Gasteiger partial charge on any atom is 0.440 e. The Bertz CT molecular complexity index is 2250. The van der Waals surface area contributed by atoms with Crippen LogP contribution in [0.3, 0.4) is 0 Å². The first kappa shape index (κ1) is 47.5. The van der Waals surface area contributed by atoms with E-state index in [4.69, 9.17) is 41.7 Å². The van der Waals surface area contributed by atoms with Crippen LogP contribution in [-0.4, -0.2) is 81.3 Å². The van der Waals surface area contributed by atoms with E-state index in [1.54, 1.807) is 99.1 Å². The van der Waals surface area contributed by atoms with Gasteiger partial charge in [0.2, 0.25) is 0 Å². The molecule has 0 spiro atoms. The topological polar surface area (TPSA) is 196 Å². The van der Waals surface area contributed by atoms with Crippen LogP contribution in [0.15, 0.2) is 85.1 Å². The van der Waals surface area contributed by atoms with Gasteiger partial charge in [0, 0.05) is 37.3 Å². The Kier molecular flexibility index (Phi) is 16.4. The molecule has 2 unspecified atom stereocenters. The lowest BCUT2D eigenvalue weighted by atomic mass is 10.0. The molecule has 0 bridgehead atoms. The number of hydrogen-bond acceptors (Lipinski definition) is 11. The van der Waals surface area contributed by atoms with E-state index in [9.17, 15) is 28.3 Å². The highest BCUT2D eigenvalue weighted by molar-refractivity contribution is 7.55. The van der Waals surface area contributed by atoms with E-state index >= 15 is 0 Å². The number of aromatic nitrogens is 2. The van der Waals surface area contributed by atoms with Gasteiger partial charge in [-0.2, -0.15) is 9.55 Å². The number of nitrogens with one attached hydrogen (secondary N) is 3. The minimum Gasteiger partial charge on any atom is -0.462 e. The van der Waals surface area contributed by atoms with E-state index in [-0.39, 0.29) is 64.7 Å². The van der Waals surface area contributed by atoms with Crippen molar-refractivity contribution in [2.24, 2.45) is 0 Å². The molecular formula is C41H50Cl2N6O10P2. The smallest absolute Gasteiger partial charge is 0.440 e. The van der Waals surface area contributed by atoms with E-state index in [1.165, 1.54) is 32.2 Å². The first-order valence-electron chi connectivity index (χ1n) is 19.7. The van der Waals surface area contributed by atoms with Crippen LogP contribution in [0.25, 0.3) is 0 Å². The van der Waals surface area contributed by atoms with Gasteiger partial charge in [-0.1, -0.05) is 65.7 Å². The third-order valence-corrected chi connectivity index (χ3v) is 14.0. The Morgan fingerprint density at radius 3 is 1.69 bits per heavy atom. The fourth-order valence-electron chi connectivity index (χ4n) is 6.21. The average Bonchev–Trinajstić information content (AvgIpc) is 3.63. The quantitative estimate of drug-likeness (QED) is 0.0466. The van der Waals surface area contributed by atoms with Gasteiger partial charge in [-0.15, -0.1) is 0 Å². The summed E-state index contributed by atoms with van der Waals surface area (Å²) in [7, 11) is -8.34. The summed E-state index contributed by atoms with van der Waals surface area (Å²) in [6.45, 7) is 10.1. The van der Waals surface area contributed by atoms with Gasteiger partial charge in [0.05, 0.1) is 27.8 Å². The van der Waals surface area contributed by atoms with Gasteiger partial charge in [-0.25, -0.2) is 24.0 Å². The van der Waals surface area contributed by atoms with Gasteiger partial charge in [0.1, 0.15) is 23.6 Å². The van der Waals surface area contributed by atoms with Crippen molar-refractivity contribution in [1.29, 1.82) is 0 Å². The lowest BCUT2D eigenvalue weighted by Crippen LogP contribution is -2.47. The van der Waals surface area contributed by atoms with Crippen molar-refractivity contribution in [2.75, 3.05) is 13.1 Å². The number of halogens is 2. The van der Waals surface area contributed by atoms with Crippen molar-refractivity contribution in [3.63, 3.8) is 0 Å². The highest BCUT2D eigenvalue weighted by Crippen LogP contribution is 2.49. The van der Waals surface area contributed by atoms with Crippen LogP contribution >= 0.6 is 38.5 Å². The molecule has 3 aromatic carbocycles. The number of para-hydroxylation sites is 2. The molecule has 4 aromatic rings. The second-order valence-corrected chi connectivity index (χ2v) is 19.6. The van der Waals surface area contributed by atoms with Gasteiger partial charge in [-0.05, 0) is 90.8 Å². The molecule has 1 aliphatic heterocycles. The number of ketones is 1. The zero-order chi connectivity index (χ0) is 44.5. The number of piperidine rings is 1. The van der Waals surface area contributed by atoms with Gasteiger partial charge < -0.3 is 23.8 Å². The van der Waals surface area contributed by atoms with Crippen molar-refractivity contribution in [3.05, 3.63) is 112 Å². The fraction of sp³-hybridized carbons (Fsp3) is 0.390. The maximum absolute atomic E-state index is 14.9. The average molecular weight is 920 g/mol. The van der Waals surface area contributed by atoms with Crippen molar-refractivity contribution < 1.29 is 46.8 Å². The number of carbonyl (C=O) groups is 4. The molecule has 1 aliphatic rings. The number of ether oxygens (including phenoxy) is 2. The number of carbonyl (C=O) groups excluding carboxylic acids is 4. The first-order chi connectivity index (χ1) is 28.9. The van der Waals surface area contributed by atoms with Crippen LogP contribution in [0.4, 0.5) is 0 Å². The Morgan fingerprint density at radius 2 is 1.20 bits per heavy atom. The third-order valence-electron chi connectivity index (χ3n) is 9.10. The van der Waals surface area contributed by atoms with Crippen LogP contribution in [-0.2, 0) is 34.6 Å². The highest BCUT2D eigenvalue weighted by Gasteiger charge is 2.41. The summed E-state index contributed by atoms with van der Waals surface area (Å²) >= 11 is 12.8. The van der Waals surface area contributed by atoms with Crippen LogP contribution < -0.4 is 24.5 Å². The summed E-state index contributed by atoms with van der Waals surface area (Å²) in [4.78, 5) is 53.7. The molecule has 5 rings (SSSR count). The van der Waals surface area contributed by atoms with Gasteiger partial charge >= 0.3 is 27.3 Å². The molecule has 1 saturated heterocycles. The van der Waals surface area contributed by atoms with Gasteiger partial charge in [-0.3, -0.25) is 19.2 Å². The molecule has 0 radical (unpaired) electrons. The maximum atomic E-state index is 14.9. The first-order valence-corrected chi connectivity index (χ1v) is 23.6. The monoisotopic (exact) mass is 918 g/mol. The summed E-state index contributed by atoms with van der Waals surface area (Å²) in [5.41, 5.74) is -0.182. The summed E-state index contributed by atoms with van der Waals surface area (Å²) < 4.78 is 54.6. The number of nitrogens with zero attached hydrogens (tertiary/aromatic N) is 3. The van der Waals surface area contributed by atoms with Crippen molar-refractivity contribution in [2.45, 2.75) is 91.1 Å². The van der Waals surface area contributed by atoms with E-state index in [1.807, 2.05) is 0 Å². The molecular weight excluding hydrogens is 869 g/mol. The van der Waals surface area contributed by atoms with E-state index < -0.39 is 69.6 Å². The molecule has 0 saturated carbocycles. The van der Waals surface area contributed by atoms with E-state index in [0.717, 1.165) is 4.45 Å². The molecule has 61 heavy (non-hydrogen) atoms. The predicted molar refractivity (Wildman–Crippen MR) is 231 cm³/mol. The standard InChI is InChI=1S/C41H50Cl2N6O10P2/c1-26(2)56-40(52)28(5)46-60(54,58-32-14-9-7-10-15-32)48-22-20-31(21-23-48)44-39(51)38-30(24-36(50)37-34(42)18-13-19-35(37)43)25-49(45-38)61(55,59-33-16-11-8-12-17-33)47-29(6)41(53)57-27(3)4/h7-19,25-29,31H,20-24H2,1-6H3,(H,44,51)(H,46,54)(H,47,55)/t28-,29-,60?,61?/m0/s1. The molecule has 20 heteroatoms. The number of rotatable bonds is 19. The summed E-state index contributed by atoms with van der Waals surface area (Å²) in [5.74, 6) is -2.10. The summed E-state index contributed by atoms with van der Waals surface area (Å²) in [5, 5.41) is 13.2. The molecule has 0 aliphatic carbocycles. The minimum absolute atomic E-state index is 0.0201. The number of Topliss-reactive ketones (excluding diaryl/α,β-unsaturated/α-hetero) is 1. The fourth-order valence-corrected chi connectivity index (χ4v) is 10.7. The minimum atomic E-state index is -4.43. The number of amides is 1. The summed E-state index contributed by atoms with van der Waals surface area (Å²) in [6, 6.07) is 18.7. The molecule has 1 aromatic heterocycles. The van der Waals surface area contributed by atoms with Gasteiger partial charge in [0.25, 0.3) is 5.91 Å². The van der Waals surface area contributed by atoms with Crippen molar-refractivity contribution >= 4 is 62.2 Å². The lowest BCUT2D eigenvalue weighted by molar-refractivity contribution is -0.149. The third kappa shape index (κ3) is 12.8. The zero-order valence-corrected chi connectivity index (χ0v) is 37.9. The van der Waals surface area contributed by atoms with Crippen LogP contribution in [0.2, 0.25) is 10.0 Å². The molecule has 16 nitrogen and oxygen atoms in total. The van der Waals surface area contributed by atoms with Crippen LogP contribution in [0, 0.1) is 0 Å². The van der Waals surface area contributed by atoms with Crippen molar-refractivity contribution in [1.82, 2.24) is 29.7 Å². The Hall–Kier alpha value is -4.53. The van der Waals surface area contributed by atoms with Crippen LogP contribution in [0.1, 0.15) is 80.8 Å². The van der Waals surface area contributed by atoms with Crippen molar-refractivity contribution in [3.8, 4) is 11.5 Å². The Balaban J connectivity index is 1.43. The summed E-state index contributed by atoms with van der Waals surface area (Å²) in [6.07, 6.45) is 0.523.